The standard InChI is InChI=1S/C21H25NO4S/c1-4-25-16-7-5-14(6-8-16)15-11-17-19(18(23)12-15)13(2)20(22-17)21(24)26-9-10-27-3/h5-8,15,22H,4,9-12H2,1-3H3. The van der Waals surface area contributed by atoms with Crippen LogP contribution in [0.5, 0.6) is 5.75 Å². The highest BCUT2D eigenvalue weighted by Gasteiger charge is 2.32. The molecule has 0 aliphatic heterocycles. The van der Waals surface area contributed by atoms with Crippen molar-refractivity contribution in [2.45, 2.75) is 32.6 Å². The van der Waals surface area contributed by atoms with Crippen molar-refractivity contribution < 1.29 is 19.1 Å². The molecule has 1 heterocycles. The Bertz CT molecular complexity index is 825. The molecule has 1 aromatic heterocycles. The van der Waals surface area contributed by atoms with Gasteiger partial charge in [0.25, 0.3) is 0 Å². The summed E-state index contributed by atoms with van der Waals surface area (Å²) in [5.41, 5.74) is 3.71. The number of carbonyl (C=O) groups excluding carboxylic acids is 2. The van der Waals surface area contributed by atoms with E-state index in [2.05, 4.69) is 4.98 Å². The number of fused-ring (bicyclic) bond motifs is 1. The minimum absolute atomic E-state index is 0.0760. The molecule has 144 valence electrons. The van der Waals surface area contributed by atoms with E-state index in [4.69, 9.17) is 9.47 Å². The van der Waals surface area contributed by atoms with Gasteiger partial charge in [0.15, 0.2) is 5.78 Å². The lowest BCUT2D eigenvalue weighted by Gasteiger charge is -2.22. The molecule has 0 amide bonds. The van der Waals surface area contributed by atoms with E-state index in [-0.39, 0.29) is 17.7 Å². The summed E-state index contributed by atoms with van der Waals surface area (Å²) in [5.74, 6) is 1.37. The maximum absolute atomic E-state index is 12.8. The number of Topliss-reactive ketones (excluding diaryl/α,β-unsaturated/α-hetero) is 1. The fourth-order valence-corrected chi connectivity index (χ4v) is 3.82. The van der Waals surface area contributed by atoms with Crippen molar-refractivity contribution in [3.05, 3.63) is 52.3 Å². The van der Waals surface area contributed by atoms with Gasteiger partial charge in [-0.15, -0.1) is 0 Å². The lowest BCUT2D eigenvalue weighted by Crippen LogP contribution is -2.18. The van der Waals surface area contributed by atoms with Gasteiger partial charge in [0.1, 0.15) is 18.1 Å². The van der Waals surface area contributed by atoms with Crippen LogP contribution in [0.3, 0.4) is 0 Å². The van der Waals surface area contributed by atoms with E-state index in [1.807, 2.05) is 44.4 Å². The van der Waals surface area contributed by atoms with Gasteiger partial charge in [-0.25, -0.2) is 4.79 Å². The summed E-state index contributed by atoms with van der Waals surface area (Å²) in [5, 5.41) is 0. The first-order chi connectivity index (χ1) is 13.0. The van der Waals surface area contributed by atoms with Crippen LogP contribution in [-0.4, -0.2) is 42.0 Å². The Balaban J connectivity index is 1.79. The molecular formula is C21H25NO4S. The quantitative estimate of drug-likeness (QED) is 0.571. The molecule has 0 fully saturated rings. The topological polar surface area (TPSA) is 68.4 Å². The van der Waals surface area contributed by atoms with Gasteiger partial charge < -0.3 is 14.5 Å². The zero-order valence-corrected chi connectivity index (χ0v) is 16.8. The second-order valence-corrected chi connectivity index (χ2v) is 7.62. The molecule has 1 atom stereocenters. The molecule has 3 rings (SSSR count). The molecule has 6 heteroatoms. The molecule has 1 aliphatic carbocycles. The number of hydrogen-bond acceptors (Lipinski definition) is 5. The predicted molar refractivity (Wildman–Crippen MR) is 107 cm³/mol. The normalized spacial score (nSPS) is 16.1. The number of ether oxygens (including phenoxy) is 2. The van der Waals surface area contributed by atoms with Gasteiger partial charge in [-0.05, 0) is 55.7 Å². The molecule has 5 nitrogen and oxygen atoms in total. The number of carbonyl (C=O) groups is 2. The van der Waals surface area contributed by atoms with Crippen molar-refractivity contribution in [1.82, 2.24) is 4.98 Å². The molecule has 2 aromatic rings. The van der Waals surface area contributed by atoms with Crippen LogP contribution in [-0.2, 0) is 11.2 Å². The third-order valence-corrected chi connectivity index (χ3v) is 5.45. The second-order valence-electron chi connectivity index (χ2n) is 6.64. The highest BCUT2D eigenvalue weighted by molar-refractivity contribution is 7.98. The van der Waals surface area contributed by atoms with Crippen LogP contribution in [0.25, 0.3) is 0 Å². The largest absolute Gasteiger partial charge is 0.494 e. The minimum Gasteiger partial charge on any atom is -0.494 e. The van der Waals surface area contributed by atoms with Crippen molar-refractivity contribution >= 4 is 23.5 Å². The number of ketones is 1. The Hall–Kier alpha value is -2.21. The molecule has 1 aromatic carbocycles. The number of H-pyrrole nitrogens is 1. The van der Waals surface area contributed by atoms with Crippen LogP contribution in [0.1, 0.15) is 56.9 Å². The van der Waals surface area contributed by atoms with E-state index >= 15 is 0 Å². The number of rotatable bonds is 7. The summed E-state index contributed by atoms with van der Waals surface area (Å²) in [4.78, 5) is 28.2. The van der Waals surface area contributed by atoms with E-state index in [1.54, 1.807) is 11.8 Å². The van der Waals surface area contributed by atoms with Gasteiger partial charge in [0.2, 0.25) is 0 Å². The van der Waals surface area contributed by atoms with Gasteiger partial charge in [-0.3, -0.25) is 4.79 Å². The highest BCUT2D eigenvalue weighted by Crippen LogP contribution is 2.35. The van der Waals surface area contributed by atoms with Gasteiger partial charge in [0.05, 0.1) is 6.61 Å². The van der Waals surface area contributed by atoms with Gasteiger partial charge in [-0.1, -0.05) is 12.1 Å². The Morgan fingerprint density at radius 2 is 2.00 bits per heavy atom. The predicted octanol–water partition coefficient (Wildman–Crippen LogP) is 4.15. The van der Waals surface area contributed by atoms with E-state index in [0.717, 1.165) is 22.8 Å². The molecule has 0 radical (unpaired) electrons. The van der Waals surface area contributed by atoms with E-state index in [0.29, 0.717) is 42.9 Å². The number of aromatic nitrogens is 1. The van der Waals surface area contributed by atoms with Crippen LogP contribution in [0.15, 0.2) is 24.3 Å². The fraction of sp³-hybridized carbons (Fsp3) is 0.429. The molecule has 27 heavy (non-hydrogen) atoms. The average Bonchev–Trinajstić information content (AvgIpc) is 3.00. The molecule has 1 unspecified atom stereocenters. The zero-order valence-electron chi connectivity index (χ0n) is 16.0. The van der Waals surface area contributed by atoms with E-state index < -0.39 is 0 Å². The van der Waals surface area contributed by atoms with Crippen molar-refractivity contribution in [2.24, 2.45) is 0 Å². The Kier molecular flexibility index (Phi) is 6.26. The Morgan fingerprint density at radius 1 is 1.26 bits per heavy atom. The monoisotopic (exact) mass is 387 g/mol. The van der Waals surface area contributed by atoms with Crippen LogP contribution in [0.4, 0.5) is 0 Å². The van der Waals surface area contributed by atoms with E-state index in [1.165, 1.54) is 0 Å². The minimum atomic E-state index is -0.388. The third-order valence-electron chi connectivity index (χ3n) is 4.88. The number of benzene rings is 1. The highest BCUT2D eigenvalue weighted by atomic mass is 32.2. The summed E-state index contributed by atoms with van der Waals surface area (Å²) < 4.78 is 10.8. The Labute approximate surface area is 163 Å². The van der Waals surface area contributed by atoms with Crippen LogP contribution in [0, 0.1) is 6.92 Å². The maximum atomic E-state index is 12.8. The molecule has 0 saturated heterocycles. The Morgan fingerprint density at radius 3 is 2.67 bits per heavy atom. The van der Waals surface area contributed by atoms with Crippen LogP contribution < -0.4 is 4.74 Å². The summed E-state index contributed by atoms with van der Waals surface area (Å²) >= 11 is 1.62. The van der Waals surface area contributed by atoms with Gasteiger partial charge in [0, 0.05) is 23.4 Å². The van der Waals surface area contributed by atoms with Crippen molar-refractivity contribution in [2.75, 3.05) is 25.2 Å². The molecule has 0 bridgehead atoms. The fourth-order valence-electron chi connectivity index (χ4n) is 3.57. The summed E-state index contributed by atoms with van der Waals surface area (Å²) in [7, 11) is 0. The average molecular weight is 388 g/mol. The number of hydrogen-bond donors (Lipinski definition) is 1. The summed E-state index contributed by atoms with van der Waals surface area (Å²) in [6.07, 6.45) is 3.11. The molecule has 0 spiro atoms. The van der Waals surface area contributed by atoms with Gasteiger partial charge in [-0.2, -0.15) is 11.8 Å². The van der Waals surface area contributed by atoms with Crippen molar-refractivity contribution in [1.29, 1.82) is 0 Å². The molecular weight excluding hydrogens is 362 g/mol. The SMILES string of the molecule is CCOc1ccc(C2CC(=O)c3c([nH]c(C(=O)OCCSC)c3C)C2)cc1. The van der Waals surface area contributed by atoms with Crippen molar-refractivity contribution in [3.8, 4) is 5.75 Å². The number of thioether (sulfide) groups is 1. The van der Waals surface area contributed by atoms with Crippen LogP contribution in [0.2, 0.25) is 0 Å². The second kappa shape index (κ2) is 8.65. The smallest absolute Gasteiger partial charge is 0.355 e. The lowest BCUT2D eigenvalue weighted by atomic mass is 9.81. The molecule has 1 N–H and O–H groups in total. The maximum Gasteiger partial charge on any atom is 0.355 e. The number of nitrogens with one attached hydrogen (secondary N) is 1. The van der Waals surface area contributed by atoms with Crippen LogP contribution >= 0.6 is 11.8 Å². The summed E-state index contributed by atoms with van der Waals surface area (Å²) in [6.45, 7) is 4.76. The zero-order chi connectivity index (χ0) is 19.4. The van der Waals surface area contributed by atoms with Gasteiger partial charge >= 0.3 is 5.97 Å². The number of esters is 1. The first kappa shape index (κ1) is 19.5. The third kappa shape index (κ3) is 4.21. The summed E-state index contributed by atoms with van der Waals surface area (Å²) in [6, 6.07) is 7.91. The van der Waals surface area contributed by atoms with Crippen molar-refractivity contribution in [3.63, 3.8) is 0 Å². The number of aromatic amines is 1. The lowest BCUT2D eigenvalue weighted by molar-refractivity contribution is 0.0523. The van der Waals surface area contributed by atoms with E-state index in [9.17, 15) is 9.59 Å². The molecule has 0 saturated carbocycles. The first-order valence-corrected chi connectivity index (χ1v) is 10.6. The molecule has 1 aliphatic rings. The first-order valence-electron chi connectivity index (χ1n) is 9.18.